The summed E-state index contributed by atoms with van der Waals surface area (Å²) in [7, 11) is 0. The van der Waals surface area contributed by atoms with E-state index >= 15 is 0 Å². The number of likely N-dealkylation sites (tertiary alicyclic amines) is 1. The van der Waals surface area contributed by atoms with Gasteiger partial charge in [-0.3, -0.25) is 14.6 Å². The number of hydrogen-bond donors (Lipinski definition) is 4. The Morgan fingerprint density at radius 1 is 1.16 bits per heavy atom. The third kappa shape index (κ3) is 8.31. The number of carbonyl (C=O) groups excluding carboxylic acids is 2. The van der Waals surface area contributed by atoms with Crippen molar-refractivity contribution in [3.63, 3.8) is 0 Å². The van der Waals surface area contributed by atoms with Crippen LogP contribution in [0.25, 0.3) is 10.4 Å². The number of hydrogen-bond acceptors (Lipinski definition) is 5. The van der Waals surface area contributed by atoms with E-state index in [1.807, 2.05) is 11.0 Å². The van der Waals surface area contributed by atoms with Crippen LogP contribution in [0.3, 0.4) is 0 Å². The first-order valence-electron chi connectivity index (χ1n) is 13.7. The lowest BCUT2D eigenvalue weighted by molar-refractivity contribution is -0.192. The highest BCUT2D eigenvalue weighted by molar-refractivity contribution is 6.03. The monoisotopic (exact) mass is 597 g/mol. The van der Waals surface area contributed by atoms with Gasteiger partial charge in [0.05, 0.1) is 18.9 Å². The highest BCUT2D eigenvalue weighted by atomic mass is 19.4. The van der Waals surface area contributed by atoms with E-state index in [4.69, 9.17) is 16.5 Å². The smallest absolute Gasteiger partial charge is 0.475 e. The van der Waals surface area contributed by atoms with E-state index in [1.165, 1.54) is 23.8 Å². The van der Waals surface area contributed by atoms with E-state index in [-0.39, 0.29) is 23.5 Å². The van der Waals surface area contributed by atoms with Crippen LogP contribution in [-0.4, -0.2) is 67.0 Å². The van der Waals surface area contributed by atoms with Gasteiger partial charge in [-0.2, -0.15) is 13.2 Å². The normalized spacial score (nSPS) is 15.5. The van der Waals surface area contributed by atoms with Gasteiger partial charge in [0.2, 0.25) is 11.7 Å². The number of anilines is 1. The van der Waals surface area contributed by atoms with Crippen LogP contribution in [-0.2, 0) is 16.0 Å². The molecule has 0 spiro atoms. The maximum absolute atomic E-state index is 12.8. The molecule has 2 aromatic heterocycles. The van der Waals surface area contributed by atoms with Gasteiger partial charge in [0, 0.05) is 36.2 Å². The summed E-state index contributed by atoms with van der Waals surface area (Å²) in [5.74, 6) is -2.27. The van der Waals surface area contributed by atoms with Crippen LogP contribution in [0.15, 0.2) is 43.0 Å². The molecule has 3 aromatic rings. The van der Waals surface area contributed by atoms with Crippen LogP contribution in [0, 0.1) is 6.57 Å². The molecule has 226 valence electrons. The molecule has 0 saturated carbocycles. The fourth-order valence-electron chi connectivity index (χ4n) is 5.06. The Labute approximate surface area is 245 Å². The first-order valence-corrected chi connectivity index (χ1v) is 13.7. The SMILES string of the molecule is O=C(O)C(F)(F)F.[C-]#[N+]c1cnc(C(=O)Nc2ccc(C3CCN(C(=O)Cc4cnc[nH]4)CC3)cc2C2=CCCCC2)[nH]1. The maximum Gasteiger partial charge on any atom is 0.490 e. The van der Waals surface area contributed by atoms with Crippen molar-refractivity contribution in [2.45, 2.75) is 57.0 Å². The Kier molecular flexibility index (Phi) is 9.97. The predicted molar refractivity (Wildman–Crippen MR) is 150 cm³/mol. The summed E-state index contributed by atoms with van der Waals surface area (Å²) in [6, 6.07) is 6.28. The van der Waals surface area contributed by atoms with Gasteiger partial charge in [-0.15, -0.1) is 0 Å². The number of imidazole rings is 2. The second-order valence-electron chi connectivity index (χ2n) is 10.2. The summed E-state index contributed by atoms with van der Waals surface area (Å²) in [5.41, 5.74) is 5.14. The van der Waals surface area contributed by atoms with Gasteiger partial charge in [0.15, 0.2) is 0 Å². The summed E-state index contributed by atoms with van der Waals surface area (Å²) in [4.78, 5) is 53.4. The molecule has 1 saturated heterocycles. The predicted octanol–water partition coefficient (Wildman–Crippen LogP) is 5.48. The molecule has 0 radical (unpaired) electrons. The average Bonchev–Trinajstić information content (AvgIpc) is 3.70. The van der Waals surface area contributed by atoms with Gasteiger partial charge in [0.1, 0.15) is 0 Å². The average molecular weight is 598 g/mol. The van der Waals surface area contributed by atoms with E-state index in [0.29, 0.717) is 12.3 Å². The molecule has 1 aromatic carbocycles. The number of aromatic amines is 2. The molecule has 43 heavy (non-hydrogen) atoms. The molecule has 3 heterocycles. The Morgan fingerprint density at radius 2 is 1.91 bits per heavy atom. The summed E-state index contributed by atoms with van der Waals surface area (Å²) in [6.07, 6.45) is 8.35. The zero-order valence-electron chi connectivity index (χ0n) is 23.1. The molecule has 0 bridgehead atoms. The van der Waals surface area contributed by atoms with Crippen LogP contribution >= 0.6 is 0 Å². The van der Waals surface area contributed by atoms with Gasteiger partial charge >= 0.3 is 18.1 Å². The Bertz CT molecular complexity index is 1520. The molecular weight excluding hydrogens is 567 g/mol. The molecule has 1 fully saturated rings. The minimum absolute atomic E-state index is 0.126. The first kappa shape index (κ1) is 31.0. The van der Waals surface area contributed by atoms with E-state index in [0.717, 1.165) is 62.1 Å². The molecule has 4 N–H and O–H groups in total. The number of aromatic nitrogens is 4. The molecule has 1 aliphatic heterocycles. The number of carboxylic acids is 1. The second kappa shape index (κ2) is 13.8. The van der Waals surface area contributed by atoms with Gasteiger partial charge < -0.3 is 25.2 Å². The lowest BCUT2D eigenvalue weighted by Crippen LogP contribution is -2.38. The fourth-order valence-corrected chi connectivity index (χ4v) is 5.06. The third-order valence-corrected chi connectivity index (χ3v) is 7.28. The number of piperidine rings is 1. The summed E-state index contributed by atoms with van der Waals surface area (Å²) < 4.78 is 31.7. The fraction of sp³-hybridized carbons (Fsp3) is 0.379. The minimum atomic E-state index is -5.08. The number of rotatable bonds is 6. The van der Waals surface area contributed by atoms with Crippen LogP contribution in [0.5, 0.6) is 0 Å². The summed E-state index contributed by atoms with van der Waals surface area (Å²) >= 11 is 0. The van der Waals surface area contributed by atoms with Crippen molar-refractivity contribution in [1.82, 2.24) is 24.8 Å². The van der Waals surface area contributed by atoms with Crippen LogP contribution < -0.4 is 5.32 Å². The Hall–Kier alpha value is -4.93. The van der Waals surface area contributed by atoms with Crippen molar-refractivity contribution in [1.29, 1.82) is 0 Å². The van der Waals surface area contributed by atoms with Crippen molar-refractivity contribution in [3.8, 4) is 0 Å². The standard InChI is InChI=1S/C27H29N7O2.C2HF3O2/c1-28-24-16-30-26(33-24)27(36)32-23-8-7-20(13-22(23)19-5-3-2-4-6-19)18-9-11-34(12-10-18)25(35)14-21-15-29-17-31-21;3-2(4,5)1(6)7/h5,7-8,13,15-18H,2-4,6,9-12,14H2,(H,29,31)(H,30,33)(H,32,36);(H,6,7). The van der Waals surface area contributed by atoms with Crippen molar-refractivity contribution < 1.29 is 32.7 Å². The van der Waals surface area contributed by atoms with Gasteiger partial charge in [-0.1, -0.05) is 18.7 Å². The molecular formula is C29H30F3N7O4. The number of aliphatic carboxylic acids is 1. The van der Waals surface area contributed by atoms with Crippen molar-refractivity contribution in [3.05, 3.63) is 77.1 Å². The lowest BCUT2D eigenvalue weighted by Gasteiger charge is -2.32. The van der Waals surface area contributed by atoms with E-state index in [2.05, 4.69) is 48.3 Å². The number of benzene rings is 1. The van der Waals surface area contributed by atoms with E-state index < -0.39 is 12.1 Å². The van der Waals surface area contributed by atoms with Crippen molar-refractivity contribution >= 4 is 34.9 Å². The molecule has 2 amide bonds. The van der Waals surface area contributed by atoms with Crippen molar-refractivity contribution in [2.24, 2.45) is 0 Å². The van der Waals surface area contributed by atoms with E-state index in [1.54, 1.807) is 12.5 Å². The molecule has 0 unspecified atom stereocenters. The number of allylic oxidation sites excluding steroid dienone is 2. The number of carbonyl (C=O) groups is 3. The molecule has 0 atom stereocenters. The number of halogens is 3. The topological polar surface area (TPSA) is 148 Å². The largest absolute Gasteiger partial charge is 0.490 e. The molecule has 5 rings (SSSR count). The molecule has 14 heteroatoms. The maximum atomic E-state index is 12.8. The van der Waals surface area contributed by atoms with Gasteiger partial charge in [-0.25, -0.2) is 14.8 Å². The lowest BCUT2D eigenvalue weighted by atomic mass is 9.85. The Morgan fingerprint density at radius 3 is 2.49 bits per heavy atom. The molecule has 1 aliphatic carbocycles. The number of carboxylic acid groups (broad SMARTS) is 1. The third-order valence-electron chi connectivity index (χ3n) is 7.28. The summed E-state index contributed by atoms with van der Waals surface area (Å²) in [5, 5.41) is 10.1. The van der Waals surface area contributed by atoms with E-state index in [9.17, 15) is 22.8 Å². The molecule has 11 nitrogen and oxygen atoms in total. The summed E-state index contributed by atoms with van der Waals surface area (Å²) in [6.45, 7) is 8.54. The highest BCUT2D eigenvalue weighted by Crippen LogP contribution is 2.36. The van der Waals surface area contributed by atoms with Crippen LogP contribution in [0.2, 0.25) is 0 Å². The zero-order valence-corrected chi connectivity index (χ0v) is 23.1. The van der Waals surface area contributed by atoms with Crippen LogP contribution in [0.4, 0.5) is 24.7 Å². The van der Waals surface area contributed by atoms with Gasteiger partial charge in [0.25, 0.3) is 5.82 Å². The highest BCUT2D eigenvalue weighted by Gasteiger charge is 2.38. The number of nitrogens with zero attached hydrogens (tertiary/aromatic N) is 4. The quantitative estimate of drug-likeness (QED) is 0.277. The number of amides is 2. The molecule has 2 aliphatic rings. The number of alkyl halides is 3. The van der Waals surface area contributed by atoms with Gasteiger partial charge in [-0.05, 0) is 67.7 Å². The Balaban J connectivity index is 0.000000541. The number of nitrogens with one attached hydrogen (secondary N) is 3. The number of H-pyrrole nitrogens is 2. The van der Waals surface area contributed by atoms with Crippen molar-refractivity contribution in [2.75, 3.05) is 18.4 Å². The minimum Gasteiger partial charge on any atom is -0.475 e. The second-order valence-corrected chi connectivity index (χ2v) is 10.2. The van der Waals surface area contributed by atoms with Crippen LogP contribution in [0.1, 0.15) is 71.9 Å². The zero-order chi connectivity index (χ0) is 31.0. The first-order chi connectivity index (χ1) is 20.5.